The van der Waals surface area contributed by atoms with Crippen LogP contribution in [-0.4, -0.2) is 19.8 Å². The zero-order chi connectivity index (χ0) is 14.4. The van der Waals surface area contributed by atoms with Crippen LogP contribution in [0.5, 0.6) is 11.5 Å². The fraction of sp³-hybridized carbons (Fsp3) is 0.647. The second kappa shape index (κ2) is 7.53. The summed E-state index contributed by atoms with van der Waals surface area (Å²) in [6.07, 6.45) is 5.34. The average Bonchev–Trinajstić information content (AvgIpc) is 2.46. The molecule has 2 unspecified atom stereocenters. The molecule has 0 radical (unpaired) electrons. The smallest absolute Gasteiger partial charge is 0.124 e. The summed E-state index contributed by atoms with van der Waals surface area (Å²) in [6, 6.07) is 6.10. The predicted octanol–water partition coefficient (Wildman–Crippen LogP) is 3.76. The lowest BCUT2D eigenvalue weighted by Gasteiger charge is -2.28. The van der Waals surface area contributed by atoms with Gasteiger partial charge in [-0.1, -0.05) is 20.3 Å². The minimum absolute atomic E-state index is 0.368. The maximum absolute atomic E-state index is 6.26. The van der Waals surface area contributed by atoms with Gasteiger partial charge in [0.05, 0.1) is 13.2 Å². The summed E-state index contributed by atoms with van der Waals surface area (Å²) < 4.78 is 11.6. The van der Waals surface area contributed by atoms with E-state index in [1.54, 1.807) is 7.11 Å². The Bertz CT molecular complexity index is 419. The van der Waals surface area contributed by atoms with Crippen LogP contribution in [0.2, 0.25) is 0 Å². The number of hydrogen-bond donors (Lipinski definition) is 1. The Morgan fingerprint density at radius 2 is 2.15 bits per heavy atom. The van der Waals surface area contributed by atoms with Gasteiger partial charge in [-0.25, -0.2) is 0 Å². The van der Waals surface area contributed by atoms with E-state index in [-0.39, 0.29) is 0 Å². The van der Waals surface area contributed by atoms with Crippen molar-refractivity contribution in [3.8, 4) is 11.5 Å². The van der Waals surface area contributed by atoms with Crippen molar-refractivity contribution in [3.05, 3.63) is 23.8 Å². The molecule has 3 nitrogen and oxygen atoms in total. The highest BCUT2D eigenvalue weighted by Crippen LogP contribution is 2.30. The number of nitrogens with one attached hydrogen (secondary N) is 1. The number of methoxy groups -OCH3 is 1. The van der Waals surface area contributed by atoms with Crippen LogP contribution in [0, 0.1) is 5.92 Å². The van der Waals surface area contributed by atoms with Gasteiger partial charge in [0.15, 0.2) is 0 Å². The first kappa shape index (κ1) is 15.2. The van der Waals surface area contributed by atoms with Gasteiger partial charge in [0.2, 0.25) is 0 Å². The molecule has 3 heteroatoms. The van der Waals surface area contributed by atoms with E-state index >= 15 is 0 Å². The molecule has 1 N–H and O–H groups in total. The molecule has 0 saturated heterocycles. The number of benzene rings is 1. The lowest BCUT2D eigenvalue weighted by molar-refractivity contribution is 0.128. The fourth-order valence-electron chi connectivity index (χ4n) is 2.86. The highest BCUT2D eigenvalue weighted by atomic mass is 16.5. The van der Waals surface area contributed by atoms with Gasteiger partial charge >= 0.3 is 0 Å². The van der Waals surface area contributed by atoms with E-state index in [0.29, 0.717) is 6.10 Å². The van der Waals surface area contributed by atoms with Crippen molar-refractivity contribution in [2.75, 3.05) is 13.7 Å². The monoisotopic (exact) mass is 277 g/mol. The summed E-state index contributed by atoms with van der Waals surface area (Å²) in [6.45, 7) is 6.22. The molecule has 0 aliphatic heterocycles. The normalized spacial score (nSPS) is 22.6. The van der Waals surface area contributed by atoms with Crippen molar-refractivity contribution < 1.29 is 9.47 Å². The van der Waals surface area contributed by atoms with Gasteiger partial charge in [0.1, 0.15) is 11.5 Å². The molecule has 112 valence electrons. The van der Waals surface area contributed by atoms with Crippen molar-refractivity contribution in [3.63, 3.8) is 0 Å². The molecule has 1 fully saturated rings. The van der Waals surface area contributed by atoms with E-state index in [1.165, 1.54) is 31.2 Å². The Kier molecular flexibility index (Phi) is 5.72. The van der Waals surface area contributed by atoms with E-state index < -0.39 is 0 Å². The standard InChI is InChI=1S/C17H27NO2/c1-4-18-12-14-11-15(19-3)8-9-17(14)20-16-7-5-6-13(2)10-16/h8-9,11,13,16,18H,4-7,10,12H2,1-3H3. The number of hydrogen-bond acceptors (Lipinski definition) is 3. The molecule has 1 aliphatic rings. The van der Waals surface area contributed by atoms with Crippen LogP contribution in [0.15, 0.2) is 18.2 Å². The average molecular weight is 277 g/mol. The molecule has 0 bridgehead atoms. The Balaban J connectivity index is 2.08. The molecule has 0 heterocycles. The van der Waals surface area contributed by atoms with Gasteiger partial charge < -0.3 is 14.8 Å². The third kappa shape index (κ3) is 4.14. The Morgan fingerprint density at radius 3 is 2.85 bits per heavy atom. The van der Waals surface area contributed by atoms with Crippen LogP contribution in [0.1, 0.15) is 45.1 Å². The molecular formula is C17H27NO2. The minimum atomic E-state index is 0.368. The third-order valence-electron chi connectivity index (χ3n) is 4.02. The molecule has 20 heavy (non-hydrogen) atoms. The van der Waals surface area contributed by atoms with Crippen LogP contribution >= 0.6 is 0 Å². The van der Waals surface area contributed by atoms with Gasteiger partial charge in [-0.3, -0.25) is 0 Å². The maximum Gasteiger partial charge on any atom is 0.124 e. The summed E-state index contributed by atoms with van der Waals surface area (Å²) in [5, 5.41) is 3.37. The lowest BCUT2D eigenvalue weighted by Crippen LogP contribution is -2.25. The molecule has 1 aliphatic carbocycles. The van der Waals surface area contributed by atoms with E-state index in [4.69, 9.17) is 9.47 Å². The Morgan fingerprint density at radius 1 is 1.30 bits per heavy atom. The highest BCUT2D eigenvalue weighted by molar-refractivity contribution is 5.40. The van der Waals surface area contributed by atoms with Gasteiger partial charge in [0, 0.05) is 12.1 Å². The van der Waals surface area contributed by atoms with E-state index in [1.807, 2.05) is 12.1 Å². The van der Waals surface area contributed by atoms with Crippen LogP contribution in [-0.2, 0) is 6.54 Å². The lowest BCUT2D eigenvalue weighted by atomic mass is 9.88. The summed E-state index contributed by atoms with van der Waals surface area (Å²) in [5.41, 5.74) is 1.18. The van der Waals surface area contributed by atoms with Crippen molar-refractivity contribution >= 4 is 0 Å². The summed E-state index contributed by atoms with van der Waals surface area (Å²) in [4.78, 5) is 0. The summed E-state index contributed by atoms with van der Waals surface area (Å²) in [7, 11) is 1.70. The minimum Gasteiger partial charge on any atom is -0.497 e. The third-order valence-corrected chi connectivity index (χ3v) is 4.02. The second-order valence-corrected chi connectivity index (χ2v) is 5.77. The molecule has 0 aromatic heterocycles. The van der Waals surface area contributed by atoms with E-state index in [9.17, 15) is 0 Å². The van der Waals surface area contributed by atoms with Crippen molar-refractivity contribution in [2.45, 2.75) is 52.2 Å². The van der Waals surface area contributed by atoms with Gasteiger partial charge in [-0.2, -0.15) is 0 Å². The molecule has 1 aromatic carbocycles. The SMILES string of the molecule is CCNCc1cc(OC)ccc1OC1CCCC(C)C1. The van der Waals surface area contributed by atoms with Gasteiger partial charge in [-0.05, 0) is 49.9 Å². The molecule has 0 spiro atoms. The van der Waals surface area contributed by atoms with Crippen LogP contribution in [0.25, 0.3) is 0 Å². The fourth-order valence-corrected chi connectivity index (χ4v) is 2.86. The molecule has 1 aromatic rings. The Labute approximate surface area is 122 Å². The largest absolute Gasteiger partial charge is 0.497 e. The first-order valence-electron chi connectivity index (χ1n) is 7.77. The zero-order valence-corrected chi connectivity index (χ0v) is 12.9. The van der Waals surface area contributed by atoms with Gasteiger partial charge in [-0.15, -0.1) is 0 Å². The van der Waals surface area contributed by atoms with Crippen LogP contribution < -0.4 is 14.8 Å². The van der Waals surface area contributed by atoms with Crippen LogP contribution in [0.4, 0.5) is 0 Å². The zero-order valence-electron chi connectivity index (χ0n) is 12.9. The summed E-state index contributed by atoms with van der Waals surface area (Å²) in [5.74, 6) is 2.68. The van der Waals surface area contributed by atoms with Crippen molar-refractivity contribution in [1.82, 2.24) is 5.32 Å². The van der Waals surface area contributed by atoms with E-state index in [0.717, 1.165) is 30.5 Å². The van der Waals surface area contributed by atoms with Crippen LogP contribution in [0.3, 0.4) is 0 Å². The Hall–Kier alpha value is -1.22. The number of ether oxygens (including phenoxy) is 2. The first-order chi connectivity index (χ1) is 9.72. The first-order valence-corrected chi connectivity index (χ1v) is 7.77. The number of rotatable bonds is 6. The van der Waals surface area contributed by atoms with Crippen molar-refractivity contribution in [2.24, 2.45) is 5.92 Å². The molecular weight excluding hydrogens is 250 g/mol. The summed E-state index contributed by atoms with van der Waals surface area (Å²) >= 11 is 0. The predicted molar refractivity (Wildman–Crippen MR) is 82.4 cm³/mol. The maximum atomic E-state index is 6.26. The second-order valence-electron chi connectivity index (χ2n) is 5.77. The van der Waals surface area contributed by atoms with E-state index in [2.05, 4.69) is 25.2 Å². The molecule has 2 rings (SSSR count). The topological polar surface area (TPSA) is 30.5 Å². The van der Waals surface area contributed by atoms with Crippen molar-refractivity contribution in [1.29, 1.82) is 0 Å². The molecule has 2 atom stereocenters. The molecule has 1 saturated carbocycles. The highest BCUT2D eigenvalue weighted by Gasteiger charge is 2.21. The molecule has 0 amide bonds. The van der Waals surface area contributed by atoms with Gasteiger partial charge in [0.25, 0.3) is 0 Å². The quantitative estimate of drug-likeness (QED) is 0.858.